The highest BCUT2D eigenvalue weighted by Gasteiger charge is 2.19. The minimum Gasteiger partial charge on any atom is -0.377 e. The van der Waals surface area contributed by atoms with E-state index in [-0.39, 0.29) is 11.9 Å². The minimum atomic E-state index is -0.282. The maximum Gasteiger partial charge on any atom is 0.141 e. The second-order valence-corrected chi connectivity index (χ2v) is 4.90. The Hall–Kier alpha value is -1.20. The number of rotatable bonds is 4. The third kappa shape index (κ3) is 3.88. The smallest absolute Gasteiger partial charge is 0.141 e. The molecule has 0 bridgehead atoms. The SMILES string of the molecule is CCNCc1cc(F)cnc1N1CCCOC(C)C1. The van der Waals surface area contributed by atoms with Gasteiger partial charge in [-0.3, -0.25) is 0 Å². The van der Waals surface area contributed by atoms with E-state index in [4.69, 9.17) is 4.74 Å². The first kappa shape index (κ1) is 14.2. The van der Waals surface area contributed by atoms with Gasteiger partial charge in [0.25, 0.3) is 0 Å². The number of pyridine rings is 1. The van der Waals surface area contributed by atoms with Gasteiger partial charge in [-0.2, -0.15) is 0 Å². The van der Waals surface area contributed by atoms with Crippen molar-refractivity contribution in [3.05, 3.63) is 23.6 Å². The summed E-state index contributed by atoms with van der Waals surface area (Å²) in [6, 6.07) is 1.57. The summed E-state index contributed by atoms with van der Waals surface area (Å²) in [6.45, 7) is 8.08. The maximum atomic E-state index is 13.4. The third-order valence-electron chi connectivity index (χ3n) is 3.23. The molecule has 19 heavy (non-hydrogen) atoms. The monoisotopic (exact) mass is 267 g/mol. The Morgan fingerprint density at radius 3 is 3.21 bits per heavy atom. The Balaban J connectivity index is 2.21. The van der Waals surface area contributed by atoms with Gasteiger partial charge in [-0.25, -0.2) is 9.37 Å². The van der Waals surface area contributed by atoms with E-state index in [1.807, 2.05) is 6.92 Å². The Labute approximate surface area is 114 Å². The number of nitrogens with one attached hydrogen (secondary N) is 1. The van der Waals surface area contributed by atoms with Gasteiger partial charge >= 0.3 is 0 Å². The highest BCUT2D eigenvalue weighted by atomic mass is 19.1. The number of hydrogen-bond acceptors (Lipinski definition) is 4. The van der Waals surface area contributed by atoms with Crippen molar-refractivity contribution in [2.75, 3.05) is 31.1 Å². The summed E-state index contributed by atoms with van der Waals surface area (Å²) in [4.78, 5) is 6.48. The van der Waals surface area contributed by atoms with Gasteiger partial charge in [-0.15, -0.1) is 0 Å². The predicted octanol–water partition coefficient (Wildman–Crippen LogP) is 1.95. The van der Waals surface area contributed by atoms with E-state index in [0.717, 1.165) is 44.0 Å². The lowest BCUT2D eigenvalue weighted by Gasteiger charge is -2.25. The lowest BCUT2D eigenvalue weighted by molar-refractivity contribution is 0.0820. The van der Waals surface area contributed by atoms with Crippen LogP contribution in [0.4, 0.5) is 10.2 Å². The standard InChI is InChI=1S/C14H22FN3O/c1-3-16-8-12-7-13(15)9-17-14(12)18-5-4-6-19-11(2)10-18/h7,9,11,16H,3-6,8,10H2,1-2H3. The van der Waals surface area contributed by atoms with Crippen LogP contribution >= 0.6 is 0 Å². The molecule has 0 aromatic carbocycles. The molecule has 1 aliphatic rings. The lowest BCUT2D eigenvalue weighted by atomic mass is 10.2. The first-order chi connectivity index (χ1) is 9.20. The quantitative estimate of drug-likeness (QED) is 0.904. The van der Waals surface area contributed by atoms with Gasteiger partial charge in [0.15, 0.2) is 0 Å². The second kappa shape index (κ2) is 6.82. The predicted molar refractivity (Wildman–Crippen MR) is 73.8 cm³/mol. The molecule has 2 heterocycles. The van der Waals surface area contributed by atoms with Crippen LogP contribution in [-0.2, 0) is 11.3 Å². The molecule has 106 valence electrons. The van der Waals surface area contributed by atoms with Crippen molar-refractivity contribution in [3.63, 3.8) is 0 Å². The molecule has 5 heteroatoms. The normalized spacial score (nSPS) is 20.4. The molecule has 1 aromatic heterocycles. The van der Waals surface area contributed by atoms with E-state index >= 15 is 0 Å². The van der Waals surface area contributed by atoms with E-state index in [2.05, 4.69) is 22.1 Å². The molecule has 1 unspecified atom stereocenters. The number of halogens is 1. The summed E-state index contributed by atoms with van der Waals surface area (Å²) in [5.74, 6) is 0.593. The molecular formula is C14H22FN3O. The van der Waals surface area contributed by atoms with E-state index in [9.17, 15) is 4.39 Å². The van der Waals surface area contributed by atoms with Gasteiger partial charge in [0.05, 0.1) is 12.3 Å². The second-order valence-electron chi connectivity index (χ2n) is 4.90. The van der Waals surface area contributed by atoms with Crippen LogP contribution in [0, 0.1) is 5.82 Å². The minimum absolute atomic E-state index is 0.182. The highest BCUT2D eigenvalue weighted by Crippen LogP contribution is 2.21. The molecule has 2 rings (SSSR count). The maximum absolute atomic E-state index is 13.4. The zero-order valence-corrected chi connectivity index (χ0v) is 11.7. The van der Waals surface area contributed by atoms with Gasteiger partial charge in [-0.1, -0.05) is 6.92 Å². The van der Waals surface area contributed by atoms with Crippen molar-refractivity contribution in [3.8, 4) is 0 Å². The van der Waals surface area contributed by atoms with Crippen LogP contribution in [-0.4, -0.2) is 37.3 Å². The Morgan fingerprint density at radius 2 is 2.42 bits per heavy atom. The Kier molecular flexibility index (Phi) is 5.10. The average Bonchev–Trinajstić information content (AvgIpc) is 2.61. The Morgan fingerprint density at radius 1 is 1.58 bits per heavy atom. The highest BCUT2D eigenvalue weighted by molar-refractivity contribution is 5.47. The number of hydrogen-bond donors (Lipinski definition) is 1. The van der Waals surface area contributed by atoms with Crippen molar-refractivity contribution >= 4 is 5.82 Å². The summed E-state index contributed by atoms with van der Waals surface area (Å²) in [6.07, 6.45) is 2.45. The number of anilines is 1. The summed E-state index contributed by atoms with van der Waals surface area (Å²) >= 11 is 0. The summed E-state index contributed by atoms with van der Waals surface area (Å²) in [5, 5.41) is 3.23. The molecule has 0 radical (unpaired) electrons. The van der Waals surface area contributed by atoms with Crippen molar-refractivity contribution in [1.29, 1.82) is 0 Å². The first-order valence-electron chi connectivity index (χ1n) is 6.92. The lowest BCUT2D eigenvalue weighted by Crippen LogP contribution is -2.32. The molecular weight excluding hydrogens is 245 g/mol. The van der Waals surface area contributed by atoms with E-state index < -0.39 is 0 Å². The number of ether oxygens (including phenoxy) is 1. The van der Waals surface area contributed by atoms with Gasteiger partial charge < -0.3 is 15.0 Å². The molecule has 1 N–H and O–H groups in total. The van der Waals surface area contributed by atoms with Crippen LogP contribution in [0.25, 0.3) is 0 Å². The molecule has 4 nitrogen and oxygen atoms in total. The van der Waals surface area contributed by atoms with Crippen molar-refractivity contribution in [2.24, 2.45) is 0 Å². The fourth-order valence-corrected chi connectivity index (χ4v) is 2.34. The first-order valence-corrected chi connectivity index (χ1v) is 6.92. The van der Waals surface area contributed by atoms with Crippen LogP contribution in [0.5, 0.6) is 0 Å². The zero-order chi connectivity index (χ0) is 13.7. The van der Waals surface area contributed by atoms with Crippen molar-refractivity contribution in [1.82, 2.24) is 10.3 Å². The van der Waals surface area contributed by atoms with Crippen LogP contribution < -0.4 is 10.2 Å². The molecule has 0 amide bonds. The molecule has 1 aliphatic heterocycles. The number of aromatic nitrogens is 1. The molecule has 1 atom stereocenters. The average molecular weight is 267 g/mol. The van der Waals surface area contributed by atoms with Crippen molar-refractivity contribution in [2.45, 2.75) is 32.9 Å². The fourth-order valence-electron chi connectivity index (χ4n) is 2.34. The largest absolute Gasteiger partial charge is 0.377 e. The molecule has 0 aliphatic carbocycles. The zero-order valence-electron chi connectivity index (χ0n) is 11.7. The summed E-state index contributed by atoms with van der Waals surface area (Å²) < 4.78 is 19.0. The molecule has 1 aromatic rings. The van der Waals surface area contributed by atoms with E-state index in [0.29, 0.717) is 6.54 Å². The van der Waals surface area contributed by atoms with E-state index in [1.54, 1.807) is 6.07 Å². The van der Waals surface area contributed by atoms with Crippen molar-refractivity contribution < 1.29 is 9.13 Å². The fraction of sp³-hybridized carbons (Fsp3) is 0.643. The molecule has 0 spiro atoms. The van der Waals surface area contributed by atoms with Crippen LogP contribution in [0.2, 0.25) is 0 Å². The van der Waals surface area contributed by atoms with Gasteiger partial charge in [0.1, 0.15) is 11.6 Å². The van der Waals surface area contributed by atoms with Gasteiger partial charge in [0.2, 0.25) is 0 Å². The van der Waals surface area contributed by atoms with Gasteiger partial charge in [0, 0.05) is 31.8 Å². The summed E-state index contributed by atoms with van der Waals surface area (Å²) in [7, 11) is 0. The van der Waals surface area contributed by atoms with Crippen LogP contribution in [0.1, 0.15) is 25.8 Å². The Bertz CT molecular complexity index is 414. The molecule has 1 fully saturated rings. The third-order valence-corrected chi connectivity index (χ3v) is 3.23. The molecule has 1 saturated heterocycles. The summed E-state index contributed by atoms with van der Waals surface area (Å²) in [5.41, 5.74) is 0.913. The molecule has 0 saturated carbocycles. The van der Waals surface area contributed by atoms with Gasteiger partial charge in [-0.05, 0) is 26.0 Å². The van der Waals surface area contributed by atoms with Crippen LogP contribution in [0.15, 0.2) is 12.3 Å². The number of nitrogens with zero attached hydrogens (tertiary/aromatic N) is 2. The van der Waals surface area contributed by atoms with Crippen LogP contribution in [0.3, 0.4) is 0 Å². The topological polar surface area (TPSA) is 37.4 Å². The van der Waals surface area contributed by atoms with E-state index in [1.165, 1.54) is 6.20 Å².